The first kappa shape index (κ1) is 15.3. The lowest BCUT2D eigenvalue weighted by atomic mass is 10.0. The number of rotatable bonds is 6. The molecule has 2 aromatic rings. The van der Waals surface area contributed by atoms with Gasteiger partial charge in [-0.2, -0.15) is 13.9 Å². The minimum atomic E-state index is -2.85. The van der Waals surface area contributed by atoms with Crippen LogP contribution in [-0.2, 0) is 0 Å². The number of carbonyl (C=O) groups is 1. The van der Waals surface area contributed by atoms with Gasteiger partial charge < -0.3 is 10.1 Å². The Hall–Kier alpha value is -2.57. The summed E-state index contributed by atoms with van der Waals surface area (Å²) in [6.07, 6.45) is 3.53. The molecule has 0 saturated heterocycles. The molecule has 5 nitrogen and oxygen atoms in total. The SMILES string of the molecule is O=C(N[C@H](c1ccc(OC(F)F)cc1)C1CC1)c1cccnn1. The Labute approximate surface area is 131 Å². The van der Waals surface area contributed by atoms with Crippen molar-refractivity contribution < 1.29 is 18.3 Å². The van der Waals surface area contributed by atoms with Gasteiger partial charge in [0.1, 0.15) is 5.75 Å². The van der Waals surface area contributed by atoms with Gasteiger partial charge in [0.15, 0.2) is 5.69 Å². The molecule has 120 valence electrons. The summed E-state index contributed by atoms with van der Waals surface area (Å²) >= 11 is 0. The van der Waals surface area contributed by atoms with Gasteiger partial charge in [-0.25, -0.2) is 0 Å². The molecule has 1 aromatic heterocycles. The molecule has 1 atom stereocenters. The molecule has 23 heavy (non-hydrogen) atoms. The summed E-state index contributed by atoms with van der Waals surface area (Å²) in [5, 5.41) is 10.4. The summed E-state index contributed by atoms with van der Waals surface area (Å²) in [7, 11) is 0. The lowest BCUT2D eigenvalue weighted by molar-refractivity contribution is -0.0498. The molecule has 3 rings (SSSR count). The fraction of sp³-hybridized carbons (Fsp3) is 0.312. The highest BCUT2D eigenvalue weighted by atomic mass is 19.3. The van der Waals surface area contributed by atoms with Crippen LogP contribution in [0.5, 0.6) is 5.75 Å². The van der Waals surface area contributed by atoms with E-state index >= 15 is 0 Å². The minimum absolute atomic E-state index is 0.0959. The van der Waals surface area contributed by atoms with Crippen LogP contribution in [0.25, 0.3) is 0 Å². The fourth-order valence-electron chi connectivity index (χ4n) is 2.40. The molecule has 0 bridgehead atoms. The second kappa shape index (κ2) is 6.68. The Morgan fingerprint density at radius 2 is 1.96 bits per heavy atom. The molecule has 0 aliphatic heterocycles. The minimum Gasteiger partial charge on any atom is -0.435 e. The summed E-state index contributed by atoms with van der Waals surface area (Å²) in [6, 6.07) is 9.40. The van der Waals surface area contributed by atoms with Crippen LogP contribution in [0.3, 0.4) is 0 Å². The number of carbonyl (C=O) groups excluding carboxylic acids is 1. The zero-order chi connectivity index (χ0) is 16.2. The number of halogens is 2. The molecule has 1 N–H and O–H groups in total. The molecule has 1 amide bonds. The number of hydrogen-bond acceptors (Lipinski definition) is 4. The van der Waals surface area contributed by atoms with Crippen molar-refractivity contribution in [1.82, 2.24) is 15.5 Å². The Morgan fingerprint density at radius 3 is 2.52 bits per heavy atom. The number of alkyl halides is 2. The normalized spacial score (nSPS) is 15.3. The van der Waals surface area contributed by atoms with E-state index in [1.807, 2.05) is 0 Å². The van der Waals surface area contributed by atoms with Crippen molar-refractivity contribution in [2.45, 2.75) is 25.5 Å². The van der Waals surface area contributed by atoms with Gasteiger partial charge in [0.2, 0.25) is 0 Å². The van der Waals surface area contributed by atoms with E-state index in [4.69, 9.17) is 0 Å². The largest absolute Gasteiger partial charge is 0.435 e. The number of nitrogens with one attached hydrogen (secondary N) is 1. The molecule has 0 spiro atoms. The predicted molar refractivity (Wildman–Crippen MR) is 78.0 cm³/mol. The van der Waals surface area contributed by atoms with Crippen LogP contribution in [0.2, 0.25) is 0 Å². The Morgan fingerprint density at radius 1 is 1.22 bits per heavy atom. The Kier molecular flexibility index (Phi) is 4.45. The molecular formula is C16H15F2N3O2. The number of benzene rings is 1. The van der Waals surface area contributed by atoms with Crippen LogP contribution < -0.4 is 10.1 Å². The lowest BCUT2D eigenvalue weighted by Crippen LogP contribution is -2.30. The first-order chi connectivity index (χ1) is 11.1. The molecule has 1 fully saturated rings. The van der Waals surface area contributed by atoms with E-state index in [0.717, 1.165) is 18.4 Å². The van der Waals surface area contributed by atoms with Crippen molar-refractivity contribution in [2.75, 3.05) is 0 Å². The Balaban J connectivity index is 1.73. The fourth-order valence-corrected chi connectivity index (χ4v) is 2.40. The maximum atomic E-state index is 12.2. The van der Waals surface area contributed by atoms with E-state index in [9.17, 15) is 13.6 Å². The van der Waals surface area contributed by atoms with Crippen molar-refractivity contribution >= 4 is 5.91 Å². The average molecular weight is 319 g/mol. The molecule has 7 heteroatoms. The molecule has 1 aromatic carbocycles. The highest BCUT2D eigenvalue weighted by Gasteiger charge is 2.33. The summed E-state index contributed by atoms with van der Waals surface area (Å²) < 4.78 is 28.7. The van der Waals surface area contributed by atoms with Crippen molar-refractivity contribution in [2.24, 2.45) is 5.92 Å². The van der Waals surface area contributed by atoms with E-state index in [1.165, 1.54) is 18.3 Å². The van der Waals surface area contributed by atoms with Crippen LogP contribution in [0, 0.1) is 5.92 Å². The second-order valence-corrected chi connectivity index (χ2v) is 5.35. The van der Waals surface area contributed by atoms with Gasteiger partial charge in [0.25, 0.3) is 5.91 Å². The zero-order valence-corrected chi connectivity index (χ0v) is 12.2. The number of hydrogen-bond donors (Lipinski definition) is 1. The number of amides is 1. The van der Waals surface area contributed by atoms with Gasteiger partial charge in [0, 0.05) is 6.20 Å². The van der Waals surface area contributed by atoms with Gasteiger partial charge in [-0.05, 0) is 48.6 Å². The van der Waals surface area contributed by atoms with Crippen LogP contribution in [0.4, 0.5) is 8.78 Å². The van der Waals surface area contributed by atoms with Crippen molar-refractivity contribution in [1.29, 1.82) is 0 Å². The zero-order valence-electron chi connectivity index (χ0n) is 12.2. The van der Waals surface area contributed by atoms with Crippen molar-refractivity contribution in [3.05, 3.63) is 53.9 Å². The number of ether oxygens (including phenoxy) is 1. The van der Waals surface area contributed by atoms with Crippen molar-refractivity contribution in [3.63, 3.8) is 0 Å². The average Bonchev–Trinajstić information content (AvgIpc) is 3.38. The summed E-state index contributed by atoms with van der Waals surface area (Å²) in [5.74, 6) is 0.138. The second-order valence-electron chi connectivity index (χ2n) is 5.35. The highest BCUT2D eigenvalue weighted by molar-refractivity contribution is 5.92. The molecule has 0 unspecified atom stereocenters. The smallest absolute Gasteiger partial charge is 0.387 e. The highest BCUT2D eigenvalue weighted by Crippen LogP contribution is 2.41. The summed E-state index contributed by atoms with van der Waals surface area (Å²) in [4.78, 5) is 12.2. The number of aromatic nitrogens is 2. The van der Waals surface area contributed by atoms with E-state index in [-0.39, 0.29) is 23.4 Å². The maximum Gasteiger partial charge on any atom is 0.387 e. The van der Waals surface area contributed by atoms with E-state index in [2.05, 4.69) is 20.3 Å². The topological polar surface area (TPSA) is 64.1 Å². The van der Waals surface area contributed by atoms with Crippen LogP contribution in [0.15, 0.2) is 42.6 Å². The third kappa shape index (κ3) is 4.00. The van der Waals surface area contributed by atoms with Gasteiger partial charge in [-0.15, -0.1) is 5.10 Å². The molecule has 1 saturated carbocycles. The predicted octanol–water partition coefficient (Wildman–Crippen LogP) is 2.96. The van der Waals surface area contributed by atoms with Gasteiger partial charge in [-0.3, -0.25) is 4.79 Å². The van der Waals surface area contributed by atoms with Crippen molar-refractivity contribution in [3.8, 4) is 5.75 Å². The van der Waals surface area contributed by atoms with E-state index in [1.54, 1.807) is 24.3 Å². The number of nitrogens with zero attached hydrogens (tertiary/aromatic N) is 2. The van der Waals surface area contributed by atoms with Crippen LogP contribution in [-0.4, -0.2) is 22.7 Å². The standard InChI is InChI=1S/C16H15F2N3O2/c17-16(18)23-12-7-5-11(6-8-12)14(10-3-4-10)20-15(22)13-2-1-9-19-21-13/h1-2,5-10,14,16H,3-4H2,(H,20,22)/t14-/m0/s1. The quantitative estimate of drug-likeness (QED) is 0.889. The third-order valence-corrected chi connectivity index (χ3v) is 3.65. The van der Waals surface area contributed by atoms with E-state index in [0.29, 0.717) is 5.92 Å². The maximum absolute atomic E-state index is 12.2. The van der Waals surface area contributed by atoms with Gasteiger partial charge >= 0.3 is 6.61 Å². The molecule has 1 aliphatic carbocycles. The van der Waals surface area contributed by atoms with Gasteiger partial charge in [0.05, 0.1) is 6.04 Å². The molecule has 1 heterocycles. The molecule has 0 radical (unpaired) electrons. The van der Waals surface area contributed by atoms with E-state index < -0.39 is 6.61 Å². The monoisotopic (exact) mass is 319 g/mol. The molecule has 1 aliphatic rings. The van der Waals surface area contributed by atoms with Gasteiger partial charge in [-0.1, -0.05) is 12.1 Å². The summed E-state index contributed by atoms with van der Waals surface area (Å²) in [6.45, 7) is -2.85. The lowest BCUT2D eigenvalue weighted by Gasteiger charge is -2.19. The molecular weight excluding hydrogens is 304 g/mol. The van der Waals surface area contributed by atoms with Crippen LogP contribution >= 0.6 is 0 Å². The first-order valence-electron chi connectivity index (χ1n) is 7.27. The summed E-state index contributed by atoms with van der Waals surface area (Å²) in [5.41, 5.74) is 1.10. The first-order valence-corrected chi connectivity index (χ1v) is 7.27. The third-order valence-electron chi connectivity index (χ3n) is 3.65. The van der Waals surface area contributed by atoms with Crippen LogP contribution in [0.1, 0.15) is 34.9 Å². The Bertz CT molecular complexity index is 661.